The molecule has 0 aliphatic heterocycles. The summed E-state index contributed by atoms with van der Waals surface area (Å²) in [6.45, 7) is 0. The molecule has 0 aromatic carbocycles. The highest BCUT2D eigenvalue weighted by molar-refractivity contribution is 6.30. The Balaban J connectivity index is 2.16. The number of hydrogen-bond acceptors (Lipinski definition) is 5. The third kappa shape index (κ3) is 2.23. The summed E-state index contributed by atoms with van der Waals surface area (Å²) in [6, 6.07) is 1.35. The first-order valence-electron chi connectivity index (χ1n) is 4.78. The molecule has 2 rings (SSSR count). The number of ether oxygens (including phenoxy) is 1. The van der Waals surface area contributed by atoms with Gasteiger partial charge in [0.25, 0.3) is 5.88 Å². The van der Waals surface area contributed by atoms with Crippen molar-refractivity contribution in [3.05, 3.63) is 27.4 Å². The Morgan fingerprint density at radius 3 is 2.88 bits per heavy atom. The van der Waals surface area contributed by atoms with Gasteiger partial charge in [-0.25, -0.2) is 4.98 Å². The van der Waals surface area contributed by atoms with E-state index in [-0.39, 0.29) is 28.7 Å². The molecule has 86 valence electrons. The van der Waals surface area contributed by atoms with Crippen molar-refractivity contribution in [1.82, 2.24) is 4.98 Å². The second-order valence-corrected chi connectivity index (χ2v) is 4.14. The fourth-order valence-corrected chi connectivity index (χ4v) is 1.65. The van der Waals surface area contributed by atoms with Gasteiger partial charge in [-0.05, 0) is 12.8 Å². The van der Waals surface area contributed by atoms with Crippen LogP contribution in [0.2, 0.25) is 5.02 Å². The average molecular weight is 244 g/mol. The first-order valence-corrected chi connectivity index (χ1v) is 5.16. The maximum atomic E-state index is 10.7. The summed E-state index contributed by atoms with van der Waals surface area (Å²) >= 11 is 5.63. The van der Waals surface area contributed by atoms with Crippen molar-refractivity contribution in [2.75, 3.05) is 0 Å². The predicted molar refractivity (Wildman–Crippen MR) is 57.5 cm³/mol. The highest BCUT2D eigenvalue weighted by Crippen LogP contribution is 2.31. The number of halogens is 1. The molecule has 2 N–H and O–H groups in total. The third-order valence-electron chi connectivity index (χ3n) is 2.41. The van der Waals surface area contributed by atoms with Crippen LogP contribution in [0.25, 0.3) is 0 Å². The fourth-order valence-electron chi connectivity index (χ4n) is 1.50. The topological polar surface area (TPSA) is 91.3 Å². The number of pyridine rings is 1. The first-order chi connectivity index (χ1) is 7.56. The normalized spacial score (nSPS) is 23.6. The van der Waals surface area contributed by atoms with Gasteiger partial charge >= 0.3 is 5.69 Å². The van der Waals surface area contributed by atoms with E-state index in [9.17, 15) is 10.1 Å². The molecule has 1 saturated carbocycles. The Labute approximate surface area is 96.5 Å². The van der Waals surface area contributed by atoms with Gasteiger partial charge in [-0.2, -0.15) is 0 Å². The van der Waals surface area contributed by atoms with Crippen LogP contribution in [0.15, 0.2) is 12.3 Å². The van der Waals surface area contributed by atoms with Crippen LogP contribution < -0.4 is 10.5 Å². The van der Waals surface area contributed by atoms with E-state index in [0.29, 0.717) is 12.8 Å². The molecule has 1 aromatic heterocycles. The molecule has 6 nitrogen and oxygen atoms in total. The van der Waals surface area contributed by atoms with Gasteiger partial charge in [0, 0.05) is 12.1 Å². The summed E-state index contributed by atoms with van der Waals surface area (Å²) in [5.74, 6) is 0.00583. The molecule has 0 amide bonds. The van der Waals surface area contributed by atoms with Gasteiger partial charge in [-0.1, -0.05) is 11.6 Å². The fraction of sp³-hybridized carbons (Fsp3) is 0.444. The van der Waals surface area contributed by atoms with E-state index in [4.69, 9.17) is 22.1 Å². The van der Waals surface area contributed by atoms with Crippen molar-refractivity contribution in [2.45, 2.75) is 25.0 Å². The van der Waals surface area contributed by atoms with Gasteiger partial charge in [0.1, 0.15) is 6.10 Å². The second kappa shape index (κ2) is 4.23. The molecule has 7 heteroatoms. The van der Waals surface area contributed by atoms with Gasteiger partial charge in [-0.3, -0.25) is 10.1 Å². The van der Waals surface area contributed by atoms with Gasteiger partial charge < -0.3 is 10.5 Å². The molecular formula is C9H10ClN3O3. The van der Waals surface area contributed by atoms with E-state index in [2.05, 4.69) is 4.98 Å². The molecule has 1 aromatic rings. The Kier molecular flexibility index (Phi) is 2.93. The largest absolute Gasteiger partial charge is 0.469 e. The monoisotopic (exact) mass is 243 g/mol. The van der Waals surface area contributed by atoms with E-state index < -0.39 is 4.92 Å². The number of rotatable bonds is 3. The Hall–Kier alpha value is -1.40. The maximum Gasteiger partial charge on any atom is 0.332 e. The van der Waals surface area contributed by atoms with Crippen LogP contribution >= 0.6 is 11.6 Å². The van der Waals surface area contributed by atoms with Crippen LogP contribution in [0.5, 0.6) is 5.88 Å². The van der Waals surface area contributed by atoms with Crippen LogP contribution in [0, 0.1) is 10.1 Å². The zero-order valence-electron chi connectivity index (χ0n) is 8.30. The minimum Gasteiger partial charge on any atom is -0.469 e. The lowest BCUT2D eigenvalue weighted by atomic mass is 9.90. The molecule has 0 spiro atoms. The molecule has 16 heavy (non-hydrogen) atoms. The summed E-state index contributed by atoms with van der Waals surface area (Å²) < 4.78 is 5.38. The summed E-state index contributed by atoms with van der Waals surface area (Å²) in [7, 11) is 0. The van der Waals surface area contributed by atoms with E-state index in [1.165, 1.54) is 12.3 Å². The van der Waals surface area contributed by atoms with Crippen LogP contribution in [0.4, 0.5) is 5.69 Å². The lowest BCUT2D eigenvalue weighted by Gasteiger charge is -2.31. The van der Waals surface area contributed by atoms with Crippen LogP contribution in [-0.2, 0) is 0 Å². The smallest absolute Gasteiger partial charge is 0.332 e. The van der Waals surface area contributed by atoms with Crippen molar-refractivity contribution in [3.8, 4) is 5.88 Å². The van der Waals surface area contributed by atoms with Crippen molar-refractivity contribution >= 4 is 17.3 Å². The first kappa shape index (κ1) is 11.1. The van der Waals surface area contributed by atoms with Crippen molar-refractivity contribution in [2.24, 2.45) is 5.73 Å². The van der Waals surface area contributed by atoms with E-state index >= 15 is 0 Å². The highest BCUT2D eigenvalue weighted by atomic mass is 35.5. The molecule has 1 fully saturated rings. The van der Waals surface area contributed by atoms with E-state index in [1.807, 2.05) is 0 Å². The lowest BCUT2D eigenvalue weighted by molar-refractivity contribution is -0.386. The number of nitrogens with two attached hydrogens (primary N) is 1. The molecule has 0 bridgehead atoms. The van der Waals surface area contributed by atoms with Crippen LogP contribution in [0.1, 0.15) is 12.8 Å². The summed E-state index contributed by atoms with van der Waals surface area (Å²) in [4.78, 5) is 14.0. The maximum absolute atomic E-state index is 10.7. The minimum absolute atomic E-state index is 0.00583. The molecule has 0 atom stereocenters. The standard InChI is InChI=1S/C9H10ClN3O3/c10-5-1-8(13(14)15)9(12-4-5)16-7-2-6(11)3-7/h1,4,6-7H,2-3,11H2. The molecular weight excluding hydrogens is 234 g/mol. The third-order valence-corrected chi connectivity index (χ3v) is 2.61. The number of hydrogen-bond donors (Lipinski definition) is 1. The SMILES string of the molecule is NC1CC(Oc2ncc(Cl)cc2[N+](=O)[O-])C1. The second-order valence-electron chi connectivity index (χ2n) is 3.71. The minimum atomic E-state index is -0.563. The van der Waals surface area contributed by atoms with Crippen molar-refractivity contribution in [1.29, 1.82) is 0 Å². The molecule has 0 saturated heterocycles. The number of nitro groups is 1. The van der Waals surface area contributed by atoms with Gasteiger partial charge in [-0.15, -0.1) is 0 Å². The lowest BCUT2D eigenvalue weighted by Crippen LogP contribution is -2.43. The Morgan fingerprint density at radius 2 is 2.31 bits per heavy atom. The summed E-state index contributed by atoms with van der Waals surface area (Å²) in [5, 5.41) is 10.9. The van der Waals surface area contributed by atoms with E-state index in [0.717, 1.165) is 0 Å². The summed E-state index contributed by atoms with van der Waals surface area (Å²) in [5.41, 5.74) is 5.37. The molecule has 0 radical (unpaired) electrons. The Bertz CT molecular complexity index is 420. The van der Waals surface area contributed by atoms with Gasteiger partial charge in [0.15, 0.2) is 0 Å². The number of nitrogens with zero attached hydrogens (tertiary/aromatic N) is 2. The van der Waals surface area contributed by atoms with Gasteiger partial charge in [0.2, 0.25) is 0 Å². The zero-order chi connectivity index (χ0) is 11.7. The van der Waals surface area contributed by atoms with Crippen molar-refractivity contribution < 1.29 is 9.66 Å². The Morgan fingerprint density at radius 1 is 1.62 bits per heavy atom. The van der Waals surface area contributed by atoms with Crippen LogP contribution in [-0.4, -0.2) is 22.1 Å². The average Bonchev–Trinajstić information content (AvgIpc) is 2.17. The highest BCUT2D eigenvalue weighted by Gasteiger charge is 2.30. The summed E-state index contributed by atoms with van der Waals surface area (Å²) in [6.07, 6.45) is 2.63. The molecule has 1 aliphatic rings. The van der Waals surface area contributed by atoms with Gasteiger partial charge in [0.05, 0.1) is 16.1 Å². The van der Waals surface area contributed by atoms with E-state index in [1.54, 1.807) is 0 Å². The molecule has 1 heterocycles. The van der Waals surface area contributed by atoms with Crippen LogP contribution in [0.3, 0.4) is 0 Å². The predicted octanol–water partition coefficient (Wildman–Crippen LogP) is 1.51. The molecule has 1 aliphatic carbocycles. The van der Waals surface area contributed by atoms with Crippen molar-refractivity contribution in [3.63, 3.8) is 0 Å². The molecule has 0 unspecified atom stereocenters. The quantitative estimate of drug-likeness (QED) is 0.642. The number of aromatic nitrogens is 1. The zero-order valence-corrected chi connectivity index (χ0v) is 9.05.